The van der Waals surface area contributed by atoms with Crippen molar-refractivity contribution in [1.82, 2.24) is 10.3 Å². The SMILES string of the molecule is CNCC(CCCCCC(=O)CC(=O)C=Cc1cc(OC)c(O)cc1Cc1cnc(N)c(Cc2cc(C)cc(C)c2)c1)CCCC(C)C. The van der Waals surface area contributed by atoms with E-state index in [1.807, 2.05) is 13.1 Å². The Labute approximate surface area is 288 Å². The summed E-state index contributed by atoms with van der Waals surface area (Å²) in [6, 6.07) is 11.9. The maximum absolute atomic E-state index is 12.8. The van der Waals surface area contributed by atoms with Crippen molar-refractivity contribution in [2.45, 2.75) is 98.3 Å². The number of allylic oxidation sites excluding steroid dienone is 1. The molecule has 1 atom stereocenters. The third-order valence-corrected chi connectivity index (χ3v) is 8.84. The van der Waals surface area contributed by atoms with Gasteiger partial charge >= 0.3 is 0 Å². The number of ketones is 2. The van der Waals surface area contributed by atoms with E-state index < -0.39 is 0 Å². The highest BCUT2D eigenvalue weighted by Gasteiger charge is 2.14. The lowest BCUT2D eigenvalue weighted by atomic mass is 9.93. The summed E-state index contributed by atoms with van der Waals surface area (Å²) in [6.07, 6.45) is 14.2. The number of anilines is 1. The lowest BCUT2D eigenvalue weighted by molar-refractivity contribution is -0.124. The molecular weight excluding hydrogens is 598 g/mol. The fourth-order valence-corrected chi connectivity index (χ4v) is 6.43. The molecule has 0 aliphatic carbocycles. The minimum atomic E-state index is -0.234. The number of nitrogens with zero attached hydrogens (tertiary/aromatic N) is 1. The number of aryl methyl sites for hydroxylation is 2. The standard InChI is InChI=1S/C41H57N3O4/c1-28(2)11-10-13-31(26-43-5)12-8-7-9-14-37(45)25-38(46)16-15-34-24-40(48-6)39(47)23-35(34)21-33-22-36(41(42)44-27-33)20-32-18-29(3)17-30(4)19-32/h15-19,22-24,27-28,31,43,47H,7-14,20-21,25-26H2,1-6H3,(H2,42,44). The molecule has 0 fully saturated rings. The summed E-state index contributed by atoms with van der Waals surface area (Å²) in [6.45, 7) is 9.75. The first kappa shape index (κ1) is 38.5. The van der Waals surface area contributed by atoms with E-state index in [1.54, 1.807) is 24.4 Å². The quantitative estimate of drug-likeness (QED) is 0.0601. The zero-order valence-corrected chi connectivity index (χ0v) is 30.0. The number of hydrogen-bond donors (Lipinski definition) is 3. The number of ether oxygens (including phenoxy) is 1. The number of aromatic hydroxyl groups is 1. The van der Waals surface area contributed by atoms with Gasteiger partial charge in [-0.15, -0.1) is 0 Å². The molecule has 0 saturated carbocycles. The normalized spacial score (nSPS) is 12.1. The summed E-state index contributed by atoms with van der Waals surface area (Å²) in [5, 5.41) is 13.9. The van der Waals surface area contributed by atoms with Gasteiger partial charge in [-0.1, -0.05) is 74.9 Å². The van der Waals surface area contributed by atoms with E-state index in [0.29, 0.717) is 36.7 Å². The zero-order chi connectivity index (χ0) is 35.1. The van der Waals surface area contributed by atoms with Crippen molar-refractivity contribution in [1.29, 1.82) is 0 Å². The average Bonchev–Trinajstić information content (AvgIpc) is 3.01. The molecule has 4 N–H and O–H groups in total. The van der Waals surface area contributed by atoms with Crippen LogP contribution in [0.5, 0.6) is 11.5 Å². The topological polar surface area (TPSA) is 115 Å². The number of benzene rings is 2. The molecule has 7 heteroatoms. The summed E-state index contributed by atoms with van der Waals surface area (Å²) in [5.41, 5.74) is 13.2. The van der Waals surface area contributed by atoms with Crippen molar-refractivity contribution in [2.24, 2.45) is 11.8 Å². The Morgan fingerprint density at radius 3 is 2.31 bits per heavy atom. The number of nitrogen functional groups attached to an aromatic ring is 1. The van der Waals surface area contributed by atoms with Gasteiger partial charge in [-0.3, -0.25) is 9.59 Å². The minimum Gasteiger partial charge on any atom is -0.504 e. The zero-order valence-electron chi connectivity index (χ0n) is 30.0. The largest absolute Gasteiger partial charge is 0.504 e. The number of carbonyl (C=O) groups excluding carboxylic acids is 2. The second kappa shape index (κ2) is 19.8. The molecule has 1 heterocycles. The third-order valence-electron chi connectivity index (χ3n) is 8.84. The average molecular weight is 656 g/mol. The van der Waals surface area contributed by atoms with Gasteiger partial charge in [0.25, 0.3) is 0 Å². The van der Waals surface area contributed by atoms with Crippen LogP contribution >= 0.6 is 0 Å². The molecule has 0 aliphatic heterocycles. The number of pyridine rings is 1. The molecule has 1 unspecified atom stereocenters. The van der Waals surface area contributed by atoms with Crippen molar-refractivity contribution in [3.63, 3.8) is 0 Å². The van der Waals surface area contributed by atoms with Crippen LogP contribution in [0.1, 0.15) is 111 Å². The fraction of sp³-hybridized carbons (Fsp3) is 0.488. The van der Waals surface area contributed by atoms with Gasteiger partial charge in [-0.2, -0.15) is 0 Å². The Bertz CT molecular complexity index is 1510. The molecule has 0 saturated heterocycles. The van der Waals surface area contributed by atoms with Crippen molar-refractivity contribution < 1.29 is 19.4 Å². The maximum Gasteiger partial charge on any atom is 0.163 e. The molecule has 3 rings (SSSR count). The van der Waals surface area contributed by atoms with E-state index in [-0.39, 0.29) is 23.7 Å². The lowest BCUT2D eigenvalue weighted by Gasteiger charge is -2.17. The number of Topliss-reactive ketones (excluding diaryl/α,β-unsaturated/α-hetero) is 1. The molecule has 0 spiro atoms. The number of unbranched alkanes of at least 4 members (excludes halogenated alkanes) is 2. The molecular formula is C41H57N3O4. The highest BCUT2D eigenvalue weighted by Crippen LogP contribution is 2.32. The van der Waals surface area contributed by atoms with E-state index in [1.165, 1.54) is 55.6 Å². The summed E-state index contributed by atoms with van der Waals surface area (Å²) >= 11 is 0. The van der Waals surface area contributed by atoms with Gasteiger partial charge in [0.15, 0.2) is 17.3 Å². The van der Waals surface area contributed by atoms with Gasteiger partial charge in [0.1, 0.15) is 11.6 Å². The minimum absolute atomic E-state index is 0.0119. The molecule has 3 aromatic rings. The number of nitrogens with two attached hydrogens (primary N) is 1. The predicted octanol–water partition coefficient (Wildman–Crippen LogP) is 8.33. The van der Waals surface area contributed by atoms with Crippen LogP contribution in [0, 0.1) is 25.7 Å². The summed E-state index contributed by atoms with van der Waals surface area (Å²) in [7, 11) is 3.50. The van der Waals surface area contributed by atoms with Crippen LogP contribution in [0.4, 0.5) is 5.82 Å². The van der Waals surface area contributed by atoms with Crippen molar-refractivity contribution in [3.8, 4) is 11.5 Å². The number of carbonyl (C=O) groups is 2. The van der Waals surface area contributed by atoms with E-state index in [2.05, 4.69) is 56.2 Å². The number of nitrogens with one attached hydrogen (secondary N) is 1. The van der Waals surface area contributed by atoms with Gasteiger partial charge in [0.2, 0.25) is 0 Å². The number of aromatic nitrogens is 1. The van der Waals surface area contributed by atoms with E-state index in [0.717, 1.165) is 54.0 Å². The molecule has 2 aromatic carbocycles. The van der Waals surface area contributed by atoms with Crippen molar-refractivity contribution in [3.05, 3.63) is 87.6 Å². The van der Waals surface area contributed by atoms with Crippen LogP contribution in [-0.2, 0) is 22.4 Å². The van der Waals surface area contributed by atoms with Crippen LogP contribution < -0.4 is 15.8 Å². The highest BCUT2D eigenvalue weighted by molar-refractivity contribution is 6.06. The number of phenols is 1. The second-order valence-corrected chi connectivity index (χ2v) is 13.8. The van der Waals surface area contributed by atoms with Crippen molar-refractivity contribution >= 4 is 23.5 Å². The highest BCUT2D eigenvalue weighted by atomic mass is 16.5. The molecule has 0 aliphatic rings. The van der Waals surface area contributed by atoms with Gasteiger partial charge in [-0.25, -0.2) is 4.98 Å². The molecule has 0 amide bonds. The second-order valence-electron chi connectivity index (χ2n) is 13.8. The fourth-order valence-electron chi connectivity index (χ4n) is 6.43. The first-order chi connectivity index (χ1) is 23.0. The van der Waals surface area contributed by atoms with Crippen molar-refractivity contribution in [2.75, 3.05) is 26.4 Å². The van der Waals surface area contributed by atoms with E-state index in [4.69, 9.17) is 10.5 Å². The number of phenolic OH excluding ortho intramolecular Hbond substituents is 1. The Kier molecular flexibility index (Phi) is 15.8. The summed E-state index contributed by atoms with van der Waals surface area (Å²) in [5.74, 6) is 1.97. The molecule has 0 bridgehead atoms. The van der Waals surface area contributed by atoms with Gasteiger partial charge in [-0.05, 0) is 117 Å². The number of methoxy groups -OCH3 is 1. The van der Waals surface area contributed by atoms with Gasteiger partial charge in [0, 0.05) is 19.0 Å². The third kappa shape index (κ3) is 13.3. The molecule has 7 nitrogen and oxygen atoms in total. The van der Waals surface area contributed by atoms with Crippen LogP contribution in [0.3, 0.4) is 0 Å². The maximum atomic E-state index is 12.8. The Hall–Kier alpha value is -3.97. The molecule has 260 valence electrons. The van der Waals surface area contributed by atoms with Gasteiger partial charge < -0.3 is 20.9 Å². The van der Waals surface area contributed by atoms with Crippen LogP contribution in [0.2, 0.25) is 0 Å². The molecule has 48 heavy (non-hydrogen) atoms. The van der Waals surface area contributed by atoms with Gasteiger partial charge in [0.05, 0.1) is 13.5 Å². The Morgan fingerprint density at radius 2 is 1.62 bits per heavy atom. The molecule has 0 radical (unpaired) electrons. The van der Waals surface area contributed by atoms with Crippen LogP contribution in [-0.4, -0.2) is 42.4 Å². The Balaban J connectivity index is 1.59. The summed E-state index contributed by atoms with van der Waals surface area (Å²) in [4.78, 5) is 29.9. The monoisotopic (exact) mass is 655 g/mol. The number of hydrogen-bond acceptors (Lipinski definition) is 7. The predicted molar refractivity (Wildman–Crippen MR) is 198 cm³/mol. The lowest BCUT2D eigenvalue weighted by Crippen LogP contribution is -2.19. The smallest absolute Gasteiger partial charge is 0.163 e. The van der Waals surface area contributed by atoms with E-state index in [9.17, 15) is 14.7 Å². The Morgan fingerprint density at radius 1 is 0.917 bits per heavy atom. The van der Waals surface area contributed by atoms with Crippen LogP contribution in [0.15, 0.2) is 48.7 Å². The first-order valence-corrected chi connectivity index (χ1v) is 17.5. The molecule has 1 aromatic heterocycles. The number of rotatable bonds is 21. The van der Waals surface area contributed by atoms with E-state index >= 15 is 0 Å². The first-order valence-electron chi connectivity index (χ1n) is 17.5. The summed E-state index contributed by atoms with van der Waals surface area (Å²) < 4.78 is 5.35. The van der Waals surface area contributed by atoms with Crippen LogP contribution in [0.25, 0.3) is 6.08 Å².